The molecule has 1 atom stereocenters. The highest BCUT2D eigenvalue weighted by atomic mass is 32.1. The summed E-state index contributed by atoms with van der Waals surface area (Å²) in [7, 11) is 1.81. The van der Waals surface area contributed by atoms with Gasteiger partial charge in [-0.25, -0.2) is 0 Å². The number of benzene rings is 2. The van der Waals surface area contributed by atoms with Crippen molar-refractivity contribution in [3.63, 3.8) is 0 Å². The molecule has 146 valence electrons. The van der Waals surface area contributed by atoms with Crippen molar-refractivity contribution in [3.05, 3.63) is 64.9 Å². The van der Waals surface area contributed by atoms with Gasteiger partial charge < -0.3 is 9.64 Å². The van der Waals surface area contributed by atoms with E-state index in [1.54, 1.807) is 16.5 Å². The van der Waals surface area contributed by atoms with Crippen LogP contribution in [0, 0.1) is 4.77 Å². The van der Waals surface area contributed by atoms with E-state index in [1.165, 1.54) is 0 Å². The van der Waals surface area contributed by atoms with E-state index in [4.69, 9.17) is 17.0 Å². The van der Waals surface area contributed by atoms with Gasteiger partial charge in [0.15, 0.2) is 10.6 Å². The number of rotatable bonds is 7. The fourth-order valence-electron chi connectivity index (χ4n) is 2.97. The molecule has 3 rings (SSSR count). The average molecular weight is 397 g/mol. The van der Waals surface area contributed by atoms with E-state index in [0.29, 0.717) is 17.2 Å². The Labute approximate surface area is 169 Å². The standard InChI is InChI=1S/C21H24N4O2S/c1-4-27-18-12-10-17(11-13-18)20-22-23-21(28)25(20)14-19(26)24(3)15(2)16-8-6-5-7-9-16/h5-13,15H,4,14H2,1-3H3,(H,23,28)/t15-/m1/s1. The molecule has 7 heteroatoms. The first-order valence-electron chi connectivity index (χ1n) is 9.20. The molecule has 0 aliphatic heterocycles. The fraction of sp³-hybridized carbons (Fsp3) is 0.286. The van der Waals surface area contributed by atoms with Crippen LogP contribution in [-0.2, 0) is 11.3 Å². The number of hydrogen-bond donors (Lipinski definition) is 1. The van der Waals surface area contributed by atoms with Crippen LogP contribution in [0.5, 0.6) is 5.75 Å². The number of ether oxygens (including phenoxy) is 1. The lowest BCUT2D eigenvalue weighted by molar-refractivity contribution is -0.132. The minimum absolute atomic E-state index is 0.0382. The molecule has 1 aromatic heterocycles. The summed E-state index contributed by atoms with van der Waals surface area (Å²) in [6, 6.07) is 17.5. The Bertz CT molecular complexity index is 980. The number of aromatic nitrogens is 3. The van der Waals surface area contributed by atoms with Crippen molar-refractivity contribution in [1.29, 1.82) is 0 Å². The summed E-state index contributed by atoms with van der Waals surface area (Å²) in [6.45, 7) is 4.68. The van der Waals surface area contributed by atoms with E-state index in [-0.39, 0.29) is 18.5 Å². The largest absolute Gasteiger partial charge is 0.494 e. The Morgan fingerprint density at radius 1 is 1.21 bits per heavy atom. The third-order valence-electron chi connectivity index (χ3n) is 4.73. The molecule has 1 heterocycles. The van der Waals surface area contributed by atoms with Crippen LogP contribution in [0.4, 0.5) is 0 Å². The highest BCUT2D eigenvalue weighted by Crippen LogP contribution is 2.22. The molecule has 0 saturated carbocycles. The number of amides is 1. The summed E-state index contributed by atoms with van der Waals surface area (Å²) in [5.41, 5.74) is 1.95. The van der Waals surface area contributed by atoms with Crippen LogP contribution >= 0.6 is 12.2 Å². The number of carbonyl (C=O) groups is 1. The molecule has 0 bridgehead atoms. The van der Waals surface area contributed by atoms with Gasteiger partial charge in [-0.3, -0.25) is 14.5 Å². The lowest BCUT2D eigenvalue weighted by atomic mass is 10.1. The van der Waals surface area contributed by atoms with Gasteiger partial charge in [0.2, 0.25) is 5.91 Å². The summed E-state index contributed by atoms with van der Waals surface area (Å²) in [4.78, 5) is 14.6. The summed E-state index contributed by atoms with van der Waals surface area (Å²) in [5, 5.41) is 7.11. The predicted octanol–water partition coefficient (Wildman–Crippen LogP) is 4.23. The van der Waals surface area contributed by atoms with Crippen LogP contribution < -0.4 is 4.74 Å². The van der Waals surface area contributed by atoms with Crippen molar-refractivity contribution < 1.29 is 9.53 Å². The molecule has 0 aliphatic rings. The predicted molar refractivity (Wildman–Crippen MR) is 112 cm³/mol. The zero-order chi connectivity index (χ0) is 20.1. The van der Waals surface area contributed by atoms with Gasteiger partial charge in [-0.1, -0.05) is 30.3 Å². The Morgan fingerprint density at radius 2 is 1.89 bits per heavy atom. The summed E-state index contributed by atoms with van der Waals surface area (Å²) in [6.07, 6.45) is 0. The number of nitrogens with one attached hydrogen (secondary N) is 1. The number of H-pyrrole nitrogens is 1. The van der Waals surface area contributed by atoms with Crippen molar-refractivity contribution in [3.8, 4) is 17.1 Å². The Kier molecular flexibility index (Phi) is 6.26. The summed E-state index contributed by atoms with van der Waals surface area (Å²) < 4.78 is 7.62. The summed E-state index contributed by atoms with van der Waals surface area (Å²) in [5.74, 6) is 1.38. The maximum atomic E-state index is 12.9. The van der Waals surface area contributed by atoms with E-state index in [1.807, 2.05) is 68.4 Å². The van der Waals surface area contributed by atoms with Gasteiger partial charge in [0.1, 0.15) is 12.3 Å². The molecule has 2 aromatic carbocycles. The molecule has 0 radical (unpaired) electrons. The normalized spacial score (nSPS) is 11.8. The molecule has 0 aliphatic carbocycles. The topological polar surface area (TPSA) is 63.1 Å². The van der Waals surface area contributed by atoms with Crippen molar-refractivity contribution in [1.82, 2.24) is 19.7 Å². The highest BCUT2D eigenvalue weighted by molar-refractivity contribution is 7.71. The Balaban J connectivity index is 1.80. The van der Waals surface area contributed by atoms with E-state index < -0.39 is 0 Å². The molecule has 6 nitrogen and oxygen atoms in total. The number of likely N-dealkylation sites (N-methyl/N-ethyl adjacent to an activating group) is 1. The molecule has 0 saturated heterocycles. The van der Waals surface area contributed by atoms with Crippen LogP contribution in [0.25, 0.3) is 11.4 Å². The van der Waals surface area contributed by atoms with E-state index >= 15 is 0 Å². The van der Waals surface area contributed by atoms with Crippen molar-refractivity contribution in [2.75, 3.05) is 13.7 Å². The van der Waals surface area contributed by atoms with Crippen molar-refractivity contribution >= 4 is 18.1 Å². The lowest BCUT2D eigenvalue weighted by Crippen LogP contribution is -2.32. The first kappa shape index (κ1) is 19.8. The minimum atomic E-state index is -0.0407. The molecular weight excluding hydrogens is 372 g/mol. The molecule has 3 aromatic rings. The molecule has 0 fully saturated rings. The zero-order valence-electron chi connectivity index (χ0n) is 16.3. The van der Waals surface area contributed by atoms with Crippen LogP contribution in [0.2, 0.25) is 0 Å². The van der Waals surface area contributed by atoms with Gasteiger partial charge in [-0.15, -0.1) is 0 Å². The van der Waals surface area contributed by atoms with Crippen LogP contribution in [0.3, 0.4) is 0 Å². The maximum absolute atomic E-state index is 12.9. The lowest BCUT2D eigenvalue weighted by Gasteiger charge is -2.25. The molecule has 28 heavy (non-hydrogen) atoms. The quantitative estimate of drug-likeness (QED) is 0.607. The SMILES string of the molecule is CCOc1ccc(-c2n[nH]c(=S)n2CC(=O)N(C)[C@H](C)c2ccccc2)cc1. The van der Waals surface area contributed by atoms with Gasteiger partial charge in [-0.2, -0.15) is 5.10 Å². The molecule has 0 unspecified atom stereocenters. The second kappa shape index (κ2) is 8.84. The van der Waals surface area contributed by atoms with Gasteiger partial charge in [-0.05, 0) is 55.9 Å². The monoisotopic (exact) mass is 396 g/mol. The highest BCUT2D eigenvalue weighted by Gasteiger charge is 2.20. The zero-order valence-corrected chi connectivity index (χ0v) is 17.1. The van der Waals surface area contributed by atoms with Gasteiger partial charge in [0, 0.05) is 12.6 Å². The van der Waals surface area contributed by atoms with E-state index in [2.05, 4.69) is 10.2 Å². The average Bonchev–Trinajstić information content (AvgIpc) is 3.08. The van der Waals surface area contributed by atoms with Crippen LogP contribution in [0.15, 0.2) is 54.6 Å². The Morgan fingerprint density at radius 3 is 2.54 bits per heavy atom. The van der Waals surface area contributed by atoms with E-state index in [0.717, 1.165) is 16.9 Å². The van der Waals surface area contributed by atoms with Crippen molar-refractivity contribution in [2.24, 2.45) is 0 Å². The maximum Gasteiger partial charge on any atom is 0.242 e. The number of carbonyl (C=O) groups excluding carboxylic acids is 1. The van der Waals surface area contributed by atoms with Gasteiger partial charge in [0.05, 0.1) is 12.6 Å². The fourth-order valence-corrected chi connectivity index (χ4v) is 3.17. The van der Waals surface area contributed by atoms with Crippen LogP contribution in [-0.4, -0.2) is 39.2 Å². The first-order chi connectivity index (χ1) is 13.5. The van der Waals surface area contributed by atoms with Gasteiger partial charge >= 0.3 is 0 Å². The second-order valence-electron chi connectivity index (χ2n) is 6.49. The first-order valence-corrected chi connectivity index (χ1v) is 9.61. The molecule has 0 spiro atoms. The van der Waals surface area contributed by atoms with Crippen molar-refractivity contribution in [2.45, 2.75) is 26.4 Å². The summed E-state index contributed by atoms with van der Waals surface area (Å²) >= 11 is 5.35. The number of aromatic amines is 1. The smallest absolute Gasteiger partial charge is 0.242 e. The molecule has 1 N–H and O–H groups in total. The van der Waals surface area contributed by atoms with Gasteiger partial charge in [0.25, 0.3) is 0 Å². The molecule has 1 amide bonds. The number of nitrogens with zero attached hydrogens (tertiary/aromatic N) is 3. The number of hydrogen-bond acceptors (Lipinski definition) is 4. The molecular formula is C21H24N4O2S. The third kappa shape index (κ3) is 4.31. The minimum Gasteiger partial charge on any atom is -0.494 e. The third-order valence-corrected chi connectivity index (χ3v) is 5.04. The Hall–Kier alpha value is -2.93. The van der Waals surface area contributed by atoms with Crippen LogP contribution in [0.1, 0.15) is 25.5 Å². The van der Waals surface area contributed by atoms with E-state index in [9.17, 15) is 4.79 Å². The second-order valence-corrected chi connectivity index (χ2v) is 6.87.